The minimum atomic E-state index is 0.147. The van der Waals surface area contributed by atoms with Crippen LogP contribution in [0.4, 0.5) is 5.69 Å². The van der Waals surface area contributed by atoms with E-state index in [2.05, 4.69) is 10.1 Å². The number of hydrogen-bond acceptors (Lipinski definition) is 5. The zero-order valence-electron chi connectivity index (χ0n) is 12.4. The fourth-order valence-corrected chi connectivity index (χ4v) is 2.92. The number of hydrazine groups is 1. The molecule has 116 valence electrons. The molecule has 0 amide bonds. The van der Waals surface area contributed by atoms with Gasteiger partial charge in [0.15, 0.2) is 0 Å². The molecule has 0 radical (unpaired) electrons. The Morgan fingerprint density at radius 3 is 3.04 bits per heavy atom. The van der Waals surface area contributed by atoms with Crippen LogP contribution in [0.1, 0.15) is 0 Å². The number of fused-ring (bicyclic) bond motifs is 1. The van der Waals surface area contributed by atoms with Gasteiger partial charge in [0.2, 0.25) is 0 Å². The molecule has 1 N–H and O–H groups in total. The number of anilines is 1. The maximum atomic E-state index is 10.2. The summed E-state index contributed by atoms with van der Waals surface area (Å²) in [6, 6.07) is 4.95. The average molecular weight is 328 g/mol. The van der Waals surface area contributed by atoms with Crippen LogP contribution in [-0.2, 0) is 7.05 Å². The molecule has 0 atom stereocenters. The molecule has 2 aliphatic heterocycles. The van der Waals surface area contributed by atoms with Gasteiger partial charge in [-0.05, 0) is 30.4 Å². The van der Waals surface area contributed by atoms with Crippen LogP contribution in [0, 0.1) is 0 Å². The first kappa shape index (κ1) is 13.9. The van der Waals surface area contributed by atoms with Gasteiger partial charge in [0.1, 0.15) is 23.0 Å². The zero-order valence-corrected chi connectivity index (χ0v) is 13.1. The van der Waals surface area contributed by atoms with Crippen molar-refractivity contribution < 1.29 is 5.11 Å². The maximum Gasteiger partial charge on any atom is 0.149 e. The van der Waals surface area contributed by atoms with Crippen LogP contribution in [0.3, 0.4) is 0 Å². The highest BCUT2D eigenvalue weighted by Gasteiger charge is 2.28. The number of hydrogen-bond donors (Lipinski definition) is 1. The van der Waals surface area contributed by atoms with E-state index in [0.29, 0.717) is 22.8 Å². The highest BCUT2D eigenvalue weighted by atomic mass is 35.5. The van der Waals surface area contributed by atoms with Crippen molar-refractivity contribution in [2.75, 3.05) is 11.6 Å². The van der Waals surface area contributed by atoms with Gasteiger partial charge in [-0.3, -0.25) is 9.69 Å². The lowest BCUT2D eigenvalue weighted by Crippen LogP contribution is -2.34. The van der Waals surface area contributed by atoms with Crippen molar-refractivity contribution in [2.24, 2.45) is 12.0 Å². The number of phenolic OH excluding ortho intramolecular Hbond substituents is 1. The highest BCUT2D eigenvalue weighted by molar-refractivity contribution is 6.31. The van der Waals surface area contributed by atoms with Crippen LogP contribution in [-0.4, -0.2) is 32.7 Å². The summed E-state index contributed by atoms with van der Waals surface area (Å²) in [6.07, 6.45) is 9.54. The third-order valence-corrected chi connectivity index (χ3v) is 4.00. The molecule has 0 saturated carbocycles. The number of aromatic nitrogens is 2. The Kier molecular flexibility index (Phi) is 3.12. The molecule has 0 bridgehead atoms. The molecule has 2 aliphatic rings. The Bertz CT molecular complexity index is 867. The van der Waals surface area contributed by atoms with E-state index < -0.39 is 0 Å². The van der Waals surface area contributed by atoms with Crippen molar-refractivity contribution in [1.29, 1.82) is 0 Å². The first-order valence-corrected chi connectivity index (χ1v) is 7.51. The van der Waals surface area contributed by atoms with Gasteiger partial charge in [-0.15, -0.1) is 0 Å². The van der Waals surface area contributed by atoms with Gasteiger partial charge in [-0.1, -0.05) is 11.6 Å². The van der Waals surface area contributed by atoms with Crippen molar-refractivity contribution in [3.8, 4) is 17.0 Å². The third-order valence-electron chi connectivity index (χ3n) is 3.76. The van der Waals surface area contributed by atoms with Crippen LogP contribution in [0.5, 0.6) is 5.75 Å². The zero-order chi connectivity index (χ0) is 16.0. The molecule has 1 aromatic heterocycles. The molecule has 1 aromatic carbocycles. The molecule has 0 unspecified atom stereocenters. The Morgan fingerprint density at radius 2 is 2.17 bits per heavy atom. The van der Waals surface area contributed by atoms with E-state index in [1.165, 1.54) is 0 Å². The third kappa shape index (κ3) is 2.27. The molecule has 4 rings (SSSR count). The second kappa shape index (κ2) is 5.17. The minimum absolute atomic E-state index is 0.147. The van der Waals surface area contributed by atoms with Crippen molar-refractivity contribution in [3.05, 3.63) is 53.6 Å². The molecule has 0 spiro atoms. The molecule has 23 heavy (non-hydrogen) atoms. The van der Waals surface area contributed by atoms with E-state index in [1.54, 1.807) is 29.1 Å². The molecule has 0 aliphatic carbocycles. The van der Waals surface area contributed by atoms with Crippen LogP contribution < -0.4 is 5.01 Å². The Balaban J connectivity index is 1.81. The van der Waals surface area contributed by atoms with Gasteiger partial charge < -0.3 is 5.11 Å². The number of aromatic hydroxyl groups is 1. The average Bonchev–Trinajstić information content (AvgIpc) is 3.13. The molecule has 3 heterocycles. The lowest BCUT2D eigenvalue weighted by molar-refractivity contribution is 0.462. The van der Waals surface area contributed by atoms with Crippen molar-refractivity contribution >= 4 is 23.5 Å². The summed E-state index contributed by atoms with van der Waals surface area (Å²) in [5.74, 6) is 1.02. The van der Waals surface area contributed by atoms with Crippen LogP contribution >= 0.6 is 11.6 Å². The van der Waals surface area contributed by atoms with E-state index in [4.69, 9.17) is 11.6 Å². The number of aryl methyl sites for hydroxylation is 1. The second-order valence-corrected chi connectivity index (χ2v) is 5.74. The predicted octanol–water partition coefficient (Wildman–Crippen LogP) is 2.92. The van der Waals surface area contributed by atoms with Gasteiger partial charge in [0.05, 0.1) is 12.7 Å². The Hall–Kier alpha value is -2.73. The van der Waals surface area contributed by atoms with Gasteiger partial charge >= 0.3 is 0 Å². The molecule has 0 saturated heterocycles. The largest absolute Gasteiger partial charge is 0.507 e. The van der Waals surface area contributed by atoms with Crippen LogP contribution in [0.25, 0.3) is 11.3 Å². The number of benzene rings is 1. The summed E-state index contributed by atoms with van der Waals surface area (Å²) in [5, 5.41) is 19.3. The normalized spacial score (nSPS) is 16.0. The smallest absolute Gasteiger partial charge is 0.149 e. The van der Waals surface area contributed by atoms with Crippen molar-refractivity contribution in [1.82, 2.24) is 14.8 Å². The van der Waals surface area contributed by atoms with E-state index in [9.17, 15) is 5.11 Å². The lowest BCUT2D eigenvalue weighted by Gasteiger charge is -2.30. The first-order chi connectivity index (χ1) is 11.1. The van der Waals surface area contributed by atoms with Gasteiger partial charge in [0, 0.05) is 30.0 Å². The summed E-state index contributed by atoms with van der Waals surface area (Å²) in [5.41, 5.74) is 2.15. The van der Waals surface area contributed by atoms with Gasteiger partial charge in [0.25, 0.3) is 0 Å². The number of aliphatic imine (C=N–C) groups is 1. The predicted molar refractivity (Wildman–Crippen MR) is 90.2 cm³/mol. The number of halogens is 1. The fraction of sp³-hybridized carbons (Fsp3) is 0.125. The highest BCUT2D eigenvalue weighted by Crippen LogP contribution is 2.39. The molecular formula is C16H14ClN5O. The van der Waals surface area contributed by atoms with Gasteiger partial charge in [-0.2, -0.15) is 5.10 Å². The summed E-state index contributed by atoms with van der Waals surface area (Å²) < 4.78 is 1.72. The fourth-order valence-electron chi connectivity index (χ4n) is 2.75. The standard InChI is InChI=1S/C16H14ClN5O/c1-20-10-13(21-8-5-15-18-6-2-7-22(15)21)16(19-20)12-9-11(17)3-4-14(12)23/h2-7,9-10,23H,8H2,1H3. The van der Waals surface area contributed by atoms with E-state index in [-0.39, 0.29) is 5.75 Å². The summed E-state index contributed by atoms with van der Waals surface area (Å²) in [4.78, 5) is 4.34. The molecular weight excluding hydrogens is 314 g/mol. The Labute approximate surface area is 138 Å². The SMILES string of the molecule is Cn1cc(N2CC=C3N=CC=CN32)c(-c2cc(Cl)ccc2O)n1. The molecule has 0 fully saturated rings. The summed E-state index contributed by atoms with van der Waals surface area (Å²) >= 11 is 6.09. The molecule has 2 aromatic rings. The van der Waals surface area contributed by atoms with E-state index >= 15 is 0 Å². The first-order valence-electron chi connectivity index (χ1n) is 7.14. The summed E-state index contributed by atoms with van der Waals surface area (Å²) in [6.45, 7) is 0.678. The summed E-state index contributed by atoms with van der Waals surface area (Å²) in [7, 11) is 1.85. The number of allylic oxidation sites excluding steroid dienone is 1. The van der Waals surface area contributed by atoms with Crippen molar-refractivity contribution in [2.45, 2.75) is 0 Å². The van der Waals surface area contributed by atoms with Crippen molar-refractivity contribution in [3.63, 3.8) is 0 Å². The van der Waals surface area contributed by atoms with E-state index in [1.807, 2.05) is 41.6 Å². The Morgan fingerprint density at radius 1 is 1.30 bits per heavy atom. The van der Waals surface area contributed by atoms with E-state index in [0.717, 1.165) is 11.5 Å². The minimum Gasteiger partial charge on any atom is -0.507 e. The second-order valence-electron chi connectivity index (χ2n) is 5.31. The maximum absolute atomic E-state index is 10.2. The van der Waals surface area contributed by atoms with Crippen LogP contribution in [0.15, 0.2) is 53.6 Å². The topological polar surface area (TPSA) is 56.9 Å². The molecule has 7 heteroatoms. The lowest BCUT2D eigenvalue weighted by atomic mass is 10.1. The number of rotatable bonds is 2. The number of phenols is 1. The monoisotopic (exact) mass is 327 g/mol. The van der Waals surface area contributed by atoms with Gasteiger partial charge in [-0.25, -0.2) is 10.0 Å². The quantitative estimate of drug-likeness (QED) is 0.921. The molecule has 6 nitrogen and oxygen atoms in total. The number of nitrogens with zero attached hydrogens (tertiary/aromatic N) is 5. The van der Waals surface area contributed by atoms with Crippen LogP contribution in [0.2, 0.25) is 5.02 Å².